The van der Waals surface area contributed by atoms with Crippen LogP contribution >= 0.6 is 0 Å². The van der Waals surface area contributed by atoms with Gasteiger partial charge < -0.3 is 0 Å². The van der Waals surface area contributed by atoms with E-state index in [0.717, 1.165) is 18.7 Å². The second kappa shape index (κ2) is 8.15. The van der Waals surface area contributed by atoms with E-state index in [4.69, 9.17) is 0 Å². The third-order valence-corrected chi connectivity index (χ3v) is 2.45. The predicted molar refractivity (Wildman–Crippen MR) is 60.4 cm³/mol. The number of rotatable bonds is 9. The van der Waals surface area contributed by atoms with Crippen LogP contribution in [0.3, 0.4) is 0 Å². The number of hydrogen-bond acceptors (Lipinski definition) is 3. The molecule has 1 rings (SSSR count). The fourth-order valence-corrected chi connectivity index (χ4v) is 1.57. The molecule has 1 heterocycles. The van der Waals surface area contributed by atoms with Crippen molar-refractivity contribution in [2.24, 2.45) is 0 Å². The SMILES string of the molecule is C=CCCCCCCCCc1nn[nH]n1. The van der Waals surface area contributed by atoms with Gasteiger partial charge in [-0.3, -0.25) is 0 Å². The van der Waals surface area contributed by atoms with Gasteiger partial charge in [-0.25, -0.2) is 0 Å². The van der Waals surface area contributed by atoms with E-state index < -0.39 is 0 Å². The zero-order chi connectivity index (χ0) is 10.8. The van der Waals surface area contributed by atoms with E-state index in [1.54, 1.807) is 0 Å². The summed E-state index contributed by atoms with van der Waals surface area (Å²) in [6.07, 6.45) is 11.8. The summed E-state index contributed by atoms with van der Waals surface area (Å²) in [6, 6.07) is 0. The summed E-state index contributed by atoms with van der Waals surface area (Å²) < 4.78 is 0. The van der Waals surface area contributed by atoms with Gasteiger partial charge in [-0.1, -0.05) is 37.0 Å². The fraction of sp³-hybridized carbons (Fsp3) is 0.727. The van der Waals surface area contributed by atoms with Gasteiger partial charge in [0.05, 0.1) is 0 Å². The van der Waals surface area contributed by atoms with Gasteiger partial charge in [0.2, 0.25) is 0 Å². The molecule has 0 bridgehead atoms. The normalized spacial score (nSPS) is 10.4. The van der Waals surface area contributed by atoms with Crippen molar-refractivity contribution in [2.75, 3.05) is 0 Å². The first-order valence-electron chi connectivity index (χ1n) is 5.76. The molecular formula is C11H20N4. The minimum Gasteiger partial charge on any atom is -0.177 e. The van der Waals surface area contributed by atoms with Crippen LogP contribution in [0.4, 0.5) is 0 Å². The smallest absolute Gasteiger partial charge is 0.174 e. The van der Waals surface area contributed by atoms with Crippen LogP contribution < -0.4 is 0 Å². The Hall–Kier alpha value is -1.19. The third kappa shape index (κ3) is 5.99. The molecule has 0 aliphatic carbocycles. The molecule has 0 saturated carbocycles. The van der Waals surface area contributed by atoms with Crippen molar-refractivity contribution in [1.29, 1.82) is 0 Å². The van der Waals surface area contributed by atoms with Crippen LogP contribution in [0.5, 0.6) is 0 Å². The van der Waals surface area contributed by atoms with E-state index in [9.17, 15) is 0 Å². The lowest BCUT2D eigenvalue weighted by Crippen LogP contribution is -1.89. The van der Waals surface area contributed by atoms with E-state index in [1.165, 1.54) is 38.5 Å². The number of unbranched alkanes of at least 4 members (excludes halogenated alkanes) is 6. The highest BCUT2D eigenvalue weighted by molar-refractivity contribution is 4.75. The molecule has 4 nitrogen and oxygen atoms in total. The molecule has 0 atom stereocenters. The summed E-state index contributed by atoms with van der Waals surface area (Å²) >= 11 is 0. The van der Waals surface area contributed by atoms with Crippen LogP contribution in [-0.2, 0) is 6.42 Å². The van der Waals surface area contributed by atoms with Crippen molar-refractivity contribution < 1.29 is 0 Å². The number of nitrogens with zero attached hydrogens (tertiary/aromatic N) is 3. The molecule has 84 valence electrons. The second-order valence-electron chi connectivity index (χ2n) is 3.78. The van der Waals surface area contributed by atoms with Crippen LogP contribution in [0.2, 0.25) is 0 Å². The lowest BCUT2D eigenvalue weighted by molar-refractivity contribution is 0.591. The Balaban J connectivity index is 1.83. The summed E-state index contributed by atoms with van der Waals surface area (Å²) in [5.74, 6) is 0.835. The summed E-state index contributed by atoms with van der Waals surface area (Å²) in [6.45, 7) is 3.71. The molecule has 0 fully saturated rings. The molecule has 1 aromatic heterocycles. The quantitative estimate of drug-likeness (QED) is 0.501. The lowest BCUT2D eigenvalue weighted by atomic mass is 10.1. The van der Waals surface area contributed by atoms with Gasteiger partial charge in [-0.2, -0.15) is 5.21 Å². The highest BCUT2D eigenvalue weighted by Gasteiger charge is 1.97. The second-order valence-corrected chi connectivity index (χ2v) is 3.78. The van der Waals surface area contributed by atoms with Crippen molar-refractivity contribution in [2.45, 2.75) is 51.4 Å². The summed E-state index contributed by atoms with van der Waals surface area (Å²) in [5.41, 5.74) is 0. The summed E-state index contributed by atoms with van der Waals surface area (Å²) in [5, 5.41) is 13.8. The Bertz CT molecular complexity index is 243. The maximum Gasteiger partial charge on any atom is 0.174 e. The molecule has 0 aliphatic heterocycles. The van der Waals surface area contributed by atoms with Crippen molar-refractivity contribution in [3.05, 3.63) is 18.5 Å². The van der Waals surface area contributed by atoms with Crippen molar-refractivity contribution in [3.63, 3.8) is 0 Å². The van der Waals surface area contributed by atoms with E-state index >= 15 is 0 Å². The predicted octanol–water partition coefficient (Wildman–Crippen LogP) is 2.66. The van der Waals surface area contributed by atoms with Crippen LogP contribution in [0, 0.1) is 0 Å². The molecule has 1 aromatic rings. The molecular weight excluding hydrogens is 188 g/mol. The number of hydrogen-bond donors (Lipinski definition) is 1. The van der Waals surface area contributed by atoms with Gasteiger partial charge in [0.15, 0.2) is 5.82 Å². The Morgan fingerprint density at radius 3 is 2.47 bits per heavy atom. The number of nitrogens with one attached hydrogen (secondary N) is 1. The Kier molecular flexibility index (Phi) is 6.45. The fourth-order valence-electron chi connectivity index (χ4n) is 1.57. The van der Waals surface area contributed by atoms with E-state index in [0.29, 0.717) is 0 Å². The molecule has 0 spiro atoms. The van der Waals surface area contributed by atoms with E-state index in [1.807, 2.05) is 6.08 Å². The summed E-state index contributed by atoms with van der Waals surface area (Å²) in [4.78, 5) is 0. The molecule has 0 unspecified atom stereocenters. The Labute approximate surface area is 91.2 Å². The molecule has 1 N–H and O–H groups in total. The van der Waals surface area contributed by atoms with Gasteiger partial charge >= 0.3 is 0 Å². The van der Waals surface area contributed by atoms with E-state index in [-0.39, 0.29) is 0 Å². The number of tetrazole rings is 1. The van der Waals surface area contributed by atoms with Crippen LogP contribution in [0.1, 0.15) is 50.8 Å². The standard InChI is InChI=1S/C11H20N4/c1-2-3-4-5-6-7-8-9-10-11-12-14-15-13-11/h2H,1,3-10H2,(H,12,13,14,15). The third-order valence-electron chi connectivity index (χ3n) is 2.45. The van der Waals surface area contributed by atoms with Crippen LogP contribution in [0.25, 0.3) is 0 Å². The molecule has 0 aliphatic rings. The van der Waals surface area contributed by atoms with Crippen LogP contribution in [-0.4, -0.2) is 20.6 Å². The first-order chi connectivity index (χ1) is 7.43. The molecule has 0 radical (unpaired) electrons. The van der Waals surface area contributed by atoms with Gasteiger partial charge in [0, 0.05) is 6.42 Å². The monoisotopic (exact) mass is 208 g/mol. The molecule has 0 amide bonds. The highest BCUT2D eigenvalue weighted by atomic mass is 15.5. The topological polar surface area (TPSA) is 54.5 Å². The van der Waals surface area contributed by atoms with Crippen LogP contribution in [0.15, 0.2) is 12.7 Å². The first kappa shape index (κ1) is 11.9. The zero-order valence-corrected chi connectivity index (χ0v) is 9.28. The van der Waals surface area contributed by atoms with Gasteiger partial charge in [-0.15, -0.1) is 16.8 Å². The van der Waals surface area contributed by atoms with Gasteiger partial charge in [-0.05, 0) is 19.3 Å². The van der Waals surface area contributed by atoms with Crippen molar-refractivity contribution >= 4 is 0 Å². The number of allylic oxidation sites excluding steroid dienone is 1. The molecule has 0 saturated heterocycles. The van der Waals surface area contributed by atoms with Crippen molar-refractivity contribution in [1.82, 2.24) is 20.6 Å². The number of aryl methyl sites for hydroxylation is 1. The highest BCUT2D eigenvalue weighted by Crippen LogP contribution is 2.08. The average Bonchev–Trinajstić information content (AvgIpc) is 2.75. The van der Waals surface area contributed by atoms with Gasteiger partial charge in [0.1, 0.15) is 0 Å². The Morgan fingerprint density at radius 1 is 1.07 bits per heavy atom. The van der Waals surface area contributed by atoms with Crippen molar-refractivity contribution in [3.8, 4) is 0 Å². The maximum atomic E-state index is 3.92. The average molecular weight is 208 g/mol. The number of aromatic nitrogens is 4. The largest absolute Gasteiger partial charge is 0.177 e. The first-order valence-corrected chi connectivity index (χ1v) is 5.76. The maximum absolute atomic E-state index is 3.92. The zero-order valence-electron chi connectivity index (χ0n) is 9.28. The molecule has 0 aromatic carbocycles. The minimum absolute atomic E-state index is 0.835. The molecule has 4 heteroatoms. The Morgan fingerprint density at radius 2 is 1.80 bits per heavy atom. The molecule has 15 heavy (non-hydrogen) atoms. The lowest BCUT2D eigenvalue weighted by Gasteiger charge is -1.98. The number of aromatic amines is 1. The summed E-state index contributed by atoms with van der Waals surface area (Å²) in [7, 11) is 0. The van der Waals surface area contributed by atoms with Gasteiger partial charge in [0.25, 0.3) is 0 Å². The number of H-pyrrole nitrogens is 1. The van der Waals surface area contributed by atoms with E-state index in [2.05, 4.69) is 27.2 Å². The minimum atomic E-state index is 0.835.